The summed E-state index contributed by atoms with van der Waals surface area (Å²) in [6.45, 7) is 0.897. The van der Waals surface area contributed by atoms with Gasteiger partial charge < -0.3 is 15.8 Å². The number of nitrogens with two attached hydrogens (primary N) is 1. The third kappa shape index (κ3) is 2.97. The van der Waals surface area contributed by atoms with E-state index in [1.54, 1.807) is 7.11 Å². The zero-order valence-corrected chi connectivity index (χ0v) is 9.78. The van der Waals surface area contributed by atoms with E-state index in [4.69, 9.17) is 10.5 Å². The van der Waals surface area contributed by atoms with Gasteiger partial charge in [0.15, 0.2) is 0 Å². The first-order valence-corrected chi connectivity index (χ1v) is 5.90. The fourth-order valence-electron chi connectivity index (χ4n) is 2.25. The molecule has 0 aromatic heterocycles. The number of benzene rings is 1. The van der Waals surface area contributed by atoms with E-state index in [-0.39, 0.29) is 0 Å². The van der Waals surface area contributed by atoms with Crippen molar-refractivity contribution in [1.82, 2.24) is 5.32 Å². The molecular weight excluding hydrogens is 200 g/mol. The number of hydrogen-bond acceptors (Lipinski definition) is 3. The molecule has 1 aliphatic rings. The number of hydrogen-bond donors (Lipinski definition) is 2. The van der Waals surface area contributed by atoms with Crippen LogP contribution in [-0.4, -0.2) is 19.2 Å². The lowest BCUT2D eigenvalue weighted by molar-refractivity contribution is 0.413. The Balaban J connectivity index is 1.84. The summed E-state index contributed by atoms with van der Waals surface area (Å²) < 4.78 is 5.20. The van der Waals surface area contributed by atoms with E-state index in [1.165, 1.54) is 12.0 Å². The highest BCUT2D eigenvalue weighted by atomic mass is 16.5. The minimum absolute atomic E-state index is 0.391. The molecule has 3 nitrogen and oxygen atoms in total. The molecule has 1 aromatic rings. The maximum Gasteiger partial charge on any atom is 0.119 e. The quantitative estimate of drug-likeness (QED) is 0.811. The summed E-state index contributed by atoms with van der Waals surface area (Å²) in [6.07, 6.45) is 3.45. The van der Waals surface area contributed by atoms with Gasteiger partial charge in [0.25, 0.3) is 0 Å². The fraction of sp³-hybridized carbons (Fsp3) is 0.538. The standard InChI is InChI=1S/C13H20N2O/c1-16-13-4-2-3-10(7-13)9-15-12-6-5-11(14)8-12/h2-4,7,11-12,15H,5-6,8-9,14H2,1H3. The van der Waals surface area contributed by atoms with Crippen LogP contribution in [0.3, 0.4) is 0 Å². The molecule has 0 amide bonds. The molecule has 0 radical (unpaired) electrons. The van der Waals surface area contributed by atoms with Gasteiger partial charge >= 0.3 is 0 Å². The Kier molecular flexibility index (Phi) is 3.80. The van der Waals surface area contributed by atoms with Crippen LogP contribution >= 0.6 is 0 Å². The lowest BCUT2D eigenvalue weighted by atomic mass is 10.2. The number of ether oxygens (including phenoxy) is 1. The molecular formula is C13H20N2O. The zero-order valence-electron chi connectivity index (χ0n) is 9.78. The van der Waals surface area contributed by atoms with Gasteiger partial charge in [-0.2, -0.15) is 0 Å². The molecule has 1 fully saturated rings. The summed E-state index contributed by atoms with van der Waals surface area (Å²) in [7, 11) is 1.70. The molecule has 0 aliphatic heterocycles. The second-order valence-electron chi connectivity index (χ2n) is 4.50. The van der Waals surface area contributed by atoms with E-state index < -0.39 is 0 Å². The topological polar surface area (TPSA) is 47.3 Å². The summed E-state index contributed by atoms with van der Waals surface area (Å²) in [5, 5.41) is 3.54. The lowest BCUT2D eigenvalue weighted by Crippen LogP contribution is -2.27. The molecule has 0 bridgehead atoms. The molecule has 16 heavy (non-hydrogen) atoms. The molecule has 2 rings (SSSR count). The Morgan fingerprint density at radius 2 is 2.31 bits per heavy atom. The van der Waals surface area contributed by atoms with Gasteiger partial charge in [0, 0.05) is 18.6 Å². The van der Waals surface area contributed by atoms with Crippen molar-refractivity contribution in [2.24, 2.45) is 5.73 Å². The van der Waals surface area contributed by atoms with Crippen molar-refractivity contribution >= 4 is 0 Å². The van der Waals surface area contributed by atoms with Gasteiger partial charge in [-0.1, -0.05) is 12.1 Å². The second-order valence-corrected chi connectivity index (χ2v) is 4.50. The third-order valence-electron chi connectivity index (χ3n) is 3.20. The monoisotopic (exact) mass is 220 g/mol. The Morgan fingerprint density at radius 1 is 1.44 bits per heavy atom. The van der Waals surface area contributed by atoms with E-state index in [1.807, 2.05) is 12.1 Å². The van der Waals surface area contributed by atoms with Crippen LogP contribution in [0.1, 0.15) is 24.8 Å². The third-order valence-corrected chi connectivity index (χ3v) is 3.20. The van der Waals surface area contributed by atoms with Crippen molar-refractivity contribution in [2.75, 3.05) is 7.11 Å². The molecule has 0 saturated heterocycles. The summed E-state index contributed by atoms with van der Waals surface area (Å²) in [5.74, 6) is 0.919. The number of nitrogens with one attached hydrogen (secondary N) is 1. The molecule has 1 saturated carbocycles. The average molecular weight is 220 g/mol. The summed E-state index contributed by atoms with van der Waals surface area (Å²) in [4.78, 5) is 0. The Bertz CT molecular complexity index is 340. The Hall–Kier alpha value is -1.06. The lowest BCUT2D eigenvalue weighted by Gasteiger charge is -2.12. The predicted molar refractivity (Wildman–Crippen MR) is 65.4 cm³/mol. The summed E-state index contributed by atoms with van der Waals surface area (Å²) >= 11 is 0. The van der Waals surface area contributed by atoms with Crippen LogP contribution in [0.15, 0.2) is 24.3 Å². The van der Waals surface area contributed by atoms with Gasteiger partial charge in [-0.25, -0.2) is 0 Å². The van der Waals surface area contributed by atoms with Crippen LogP contribution in [0.25, 0.3) is 0 Å². The molecule has 0 heterocycles. The zero-order chi connectivity index (χ0) is 11.4. The molecule has 2 atom stereocenters. The van der Waals surface area contributed by atoms with Crippen molar-refractivity contribution in [3.8, 4) is 5.75 Å². The first kappa shape index (κ1) is 11.4. The maximum atomic E-state index is 5.88. The first-order chi connectivity index (χ1) is 7.78. The van der Waals surface area contributed by atoms with Gasteiger partial charge in [-0.15, -0.1) is 0 Å². The van der Waals surface area contributed by atoms with Crippen molar-refractivity contribution < 1.29 is 4.74 Å². The van der Waals surface area contributed by atoms with E-state index in [9.17, 15) is 0 Å². The fourth-order valence-corrected chi connectivity index (χ4v) is 2.25. The SMILES string of the molecule is COc1cccc(CNC2CCC(N)C2)c1. The van der Waals surface area contributed by atoms with Gasteiger partial charge in [0.2, 0.25) is 0 Å². The van der Waals surface area contributed by atoms with E-state index in [2.05, 4.69) is 17.4 Å². The average Bonchev–Trinajstić information content (AvgIpc) is 2.73. The Labute approximate surface area is 97.0 Å². The second kappa shape index (κ2) is 5.32. The van der Waals surface area contributed by atoms with E-state index in [0.29, 0.717) is 12.1 Å². The highest BCUT2D eigenvalue weighted by Crippen LogP contribution is 2.18. The number of rotatable bonds is 4. The normalized spacial score (nSPS) is 24.6. The van der Waals surface area contributed by atoms with Crippen LogP contribution in [0.4, 0.5) is 0 Å². The van der Waals surface area contributed by atoms with Gasteiger partial charge in [-0.3, -0.25) is 0 Å². The van der Waals surface area contributed by atoms with Crippen LogP contribution in [0.5, 0.6) is 5.75 Å². The maximum absolute atomic E-state index is 5.88. The van der Waals surface area contributed by atoms with Crippen LogP contribution in [-0.2, 0) is 6.54 Å². The highest BCUT2D eigenvalue weighted by molar-refractivity contribution is 5.28. The summed E-state index contributed by atoms with van der Waals surface area (Å²) in [5.41, 5.74) is 7.14. The largest absolute Gasteiger partial charge is 0.497 e. The van der Waals surface area contributed by atoms with Crippen LogP contribution in [0.2, 0.25) is 0 Å². The molecule has 1 aliphatic carbocycles. The molecule has 1 aromatic carbocycles. The molecule has 3 heteroatoms. The number of methoxy groups -OCH3 is 1. The van der Waals surface area contributed by atoms with E-state index in [0.717, 1.165) is 25.1 Å². The molecule has 2 unspecified atom stereocenters. The van der Waals surface area contributed by atoms with Gasteiger partial charge in [-0.05, 0) is 37.0 Å². The minimum atomic E-state index is 0.391. The molecule has 0 spiro atoms. The van der Waals surface area contributed by atoms with Crippen molar-refractivity contribution in [1.29, 1.82) is 0 Å². The molecule has 88 valence electrons. The minimum Gasteiger partial charge on any atom is -0.497 e. The molecule has 3 N–H and O–H groups in total. The van der Waals surface area contributed by atoms with Crippen LogP contribution in [0, 0.1) is 0 Å². The van der Waals surface area contributed by atoms with Crippen molar-refractivity contribution in [2.45, 2.75) is 37.9 Å². The van der Waals surface area contributed by atoms with Gasteiger partial charge in [0.1, 0.15) is 5.75 Å². The Morgan fingerprint density at radius 3 is 3.00 bits per heavy atom. The van der Waals surface area contributed by atoms with Crippen molar-refractivity contribution in [3.05, 3.63) is 29.8 Å². The van der Waals surface area contributed by atoms with Crippen LogP contribution < -0.4 is 15.8 Å². The van der Waals surface area contributed by atoms with Crippen molar-refractivity contribution in [3.63, 3.8) is 0 Å². The summed E-state index contributed by atoms with van der Waals surface area (Å²) in [6, 6.07) is 9.15. The highest BCUT2D eigenvalue weighted by Gasteiger charge is 2.20. The van der Waals surface area contributed by atoms with Gasteiger partial charge in [0.05, 0.1) is 7.11 Å². The van der Waals surface area contributed by atoms with E-state index >= 15 is 0 Å². The predicted octanol–water partition coefficient (Wildman–Crippen LogP) is 1.66. The first-order valence-electron chi connectivity index (χ1n) is 5.90. The smallest absolute Gasteiger partial charge is 0.119 e.